The standard InChI is InChI=1S/C15H18O3/c1-11(14-15(18-14)9-3-4-10-15)17-13-7-5-12(16-2)6-8-13/h5-8,14H,1,3-4,9-10H2,2H3. The fourth-order valence-corrected chi connectivity index (χ4v) is 2.76. The van der Waals surface area contributed by atoms with Crippen LogP contribution >= 0.6 is 0 Å². The minimum absolute atomic E-state index is 0.0591. The maximum Gasteiger partial charge on any atom is 0.144 e. The van der Waals surface area contributed by atoms with Crippen LogP contribution in [-0.4, -0.2) is 18.8 Å². The van der Waals surface area contributed by atoms with Crippen molar-refractivity contribution < 1.29 is 14.2 Å². The molecule has 1 spiro atoms. The van der Waals surface area contributed by atoms with E-state index < -0.39 is 0 Å². The summed E-state index contributed by atoms with van der Waals surface area (Å²) in [5.74, 6) is 2.33. The van der Waals surface area contributed by atoms with Crippen LogP contribution in [0.15, 0.2) is 36.6 Å². The van der Waals surface area contributed by atoms with Crippen molar-refractivity contribution in [2.24, 2.45) is 0 Å². The molecule has 1 saturated heterocycles. The van der Waals surface area contributed by atoms with Gasteiger partial charge in [-0.2, -0.15) is 0 Å². The maximum absolute atomic E-state index is 5.80. The monoisotopic (exact) mass is 246 g/mol. The molecule has 3 nitrogen and oxygen atoms in total. The zero-order chi connectivity index (χ0) is 12.6. The largest absolute Gasteiger partial charge is 0.497 e. The molecule has 3 rings (SSSR count). The molecule has 1 aliphatic heterocycles. The molecule has 18 heavy (non-hydrogen) atoms. The SMILES string of the molecule is C=C(Oc1ccc(OC)cc1)C1OC12CCCC2. The van der Waals surface area contributed by atoms with E-state index in [4.69, 9.17) is 14.2 Å². The number of hydrogen-bond donors (Lipinski definition) is 0. The van der Waals surface area contributed by atoms with Crippen molar-refractivity contribution in [3.05, 3.63) is 36.6 Å². The maximum atomic E-state index is 5.80. The van der Waals surface area contributed by atoms with Crippen molar-refractivity contribution in [1.29, 1.82) is 0 Å². The Kier molecular flexibility index (Phi) is 2.78. The summed E-state index contributed by atoms with van der Waals surface area (Å²) in [7, 11) is 1.65. The zero-order valence-electron chi connectivity index (χ0n) is 10.6. The molecule has 1 aromatic carbocycles. The topological polar surface area (TPSA) is 31.0 Å². The van der Waals surface area contributed by atoms with Crippen molar-refractivity contribution in [1.82, 2.24) is 0 Å². The van der Waals surface area contributed by atoms with Crippen LogP contribution in [0.4, 0.5) is 0 Å². The summed E-state index contributed by atoms with van der Waals surface area (Å²) in [5, 5.41) is 0. The van der Waals surface area contributed by atoms with E-state index in [2.05, 4.69) is 6.58 Å². The summed E-state index contributed by atoms with van der Waals surface area (Å²) < 4.78 is 16.7. The molecule has 1 saturated carbocycles. The highest BCUT2D eigenvalue weighted by atomic mass is 16.6. The minimum atomic E-state index is 0.0591. The molecule has 1 heterocycles. The smallest absolute Gasteiger partial charge is 0.144 e. The third-order valence-electron chi connectivity index (χ3n) is 3.82. The quantitative estimate of drug-likeness (QED) is 0.603. The summed E-state index contributed by atoms with van der Waals surface area (Å²) in [6.45, 7) is 4.00. The van der Waals surface area contributed by atoms with E-state index in [0.29, 0.717) is 0 Å². The summed E-state index contributed by atoms with van der Waals surface area (Å²) >= 11 is 0. The Hall–Kier alpha value is -1.48. The van der Waals surface area contributed by atoms with E-state index in [1.807, 2.05) is 24.3 Å². The molecule has 0 N–H and O–H groups in total. The van der Waals surface area contributed by atoms with Gasteiger partial charge in [0.2, 0.25) is 0 Å². The lowest BCUT2D eigenvalue weighted by Crippen LogP contribution is -2.13. The second-order valence-electron chi connectivity index (χ2n) is 5.01. The Labute approximate surface area is 107 Å². The van der Waals surface area contributed by atoms with E-state index >= 15 is 0 Å². The number of methoxy groups -OCH3 is 1. The van der Waals surface area contributed by atoms with Crippen LogP contribution in [0.3, 0.4) is 0 Å². The number of ether oxygens (including phenoxy) is 3. The van der Waals surface area contributed by atoms with Gasteiger partial charge in [-0.15, -0.1) is 0 Å². The Morgan fingerprint density at radius 1 is 1.22 bits per heavy atom. The van der Waals surface area contributed by atoms with E-state index in [1.165, 1.54) is 12.8 Å². The first-order valence-electron chi connectivity index (χ1n) is 6.42. The predicted octanol–water partition coefficient (Wildman–Crippen LogP) is 3.30. The van der Waals surface area contributed by atoms with Gasteiger partial charge in [-0.25, -0.2) is 0 Å². The molecular weight excluding hydrogens is 228 g/mol. The summed E-state index contributed by atoms with van der Waals surface area (Å²) in [6.07, 6.45) is 4.88. The number of rotatable bonds is 4. The number of benzene rings is 1. The molecule has 2 aliphatic rings. The summed E-state index contributed by atoms with van der Waals surface area (Å²) in [4.78, 5) is 0. The van der Waals surface area contributed by atoms with Crippen LogP contribution in [0.25, 0.3) is 0 Å². The molecule has 1 unspecified atom stereocenters. The highest BCUT2D eigenvalue weighted by Gasteiger charge is 2.59. The van der Waals surface area contributed by atoms with E-state index in [-0.39, 0.29) is 11.7 Å². The molecule has 1 aromatic rings. The van der Waals surface area contributed by atoms with E-state index in [1.54, 1.807) is 7.11 Å². The Morgan fingerprint density at radius 2 is 1.83 bits per heavy atom. The van der Waals surface area contributed by atoms with Crippen molar-refractivity contribution in [3.8, 4) is 11.5 Å². The Balaban J connectivity index is 1.61. The summed E-state index contributed by atoms with van der Waals surface area (Å²) in [6, 6.07) is 7.52. The molecular formula is C15H18O3. The third-order valence-corrected chi connectivity index (χ3v) is 3.82. The lowest BCUT2D eigenvalue weighted by molar-refractivity contribution is 0.286. The van der Waals surface area contributed by atoms with Crippen LogP contribution in [0.1, 0.15) is 25.7 Å². The third kappa shape index (κ3) is 1.99. The molecule has 0 aromatic heterocycles. The van der Waals surface area contributed by atoms with Gasteiger partial charge in [0, 0.05) is 0 Å². The van der Waals surface area contributed by atoms with Crippen molar-refractivity contribution >= 4 is 0 Å². The number of epoxide rings is 1. The second kappa shape index (κ2) is 4.32. The molecule has 1 atom stereocenters. The van der Waals surface area contributed by atoms with Gasteiger partial charge in [0.1, 0.15) is 29.0 Å². The fraction of sp³-hybridized carbons (Fsp3) is 0.467. The average molecular weight is 246 g/mol. The van der Waals surface area contributed by atoms with Gasteiger partial charge in [-0.3, -0.25) is 0 Å². The average Bonchev–Trinajstić information content (AvgIpc) is 2.89. The van der Waals surface area contributed by atoms with Crippen molar-refractivity contribution in [3.63, 3.8) is 0 Å². The van der Waals surface area contributed by atoms with Crippen LogP contribution in [-0.2, 0) is 4.74 Å². The van der Waals surface area contributed by atoms with Gasteiger partial charge < -0.3 is 14.2 Å². The minimum Gasteiger partial charge on any atom is -0.497 e. The molecule has 96 valence electrons. The van der Waals surface area contributed by atoms with Crippen molar-refractivity contribution in [2.75, 3.05) is 7.11 Å². The lowest BCUT2D eigenvalue weighted by atomic mass is 10.0. The van der Waals surface area contributed by atoms with Gasteiger partial charge >= 0.3 is 0 Å². The van der Waals surface area contributed by atoms with Gasteiger partial charge in [-0.1, -0.05) is 19.4 Å². The highest BCUT2D eigenvalue weighted by Crippen LogP contribution is 2.52. The predicted molar refractivity (Wildman–Crippen MR) is 68.8 cm³/mol. The van der Waals surface area contributed by atoms with E-state index in [0.717, 1.165) is 30.1 Å². The Bertz CT molecular complexity index is 443. The normalized spacial score (nSPS) is 23.9. The molecule has 1 aliphatic carbocycles. The van der Waals surface area contributed by atoms with Crippen LogP contribution in [0.2, 0.25) is 0 Å². The molecule has 0 bridgehead atoms. The van der Waals surface area contributed by atoms with Crippen molar-refractivity contribution in [2.45, 2.75) is 37.4 Å². The lowest BCUT2D eigenvalue weighted by Gasteiger charge is -2.08. The second-order valence-corrected chi connectivity index (χ2v) is 5.01. The molecule has 0 amide bonds. The Morgan fingerprint density at radius 3 is 2.44 bits per heavy atom. The highest BCUT2D eigenvalue weighted by molar-refractivity contribution is 5.33. The van der Waals surface area contributed by atoms with Crippen LogP contribution in [0, 0.1) is 0 Å². The molecule has 2 fully saturated rings. The van der Waals surface area contributed by atoms with Crippen LogP contribution in [0.5, 0.6) is 11.5 Å². The summed E-state index contributed by atoms with van der Waals surface area (Å²) in [5.41, 5.74) is 0.0591. The number of hydrogen-bond acceptors (Lipinski definition) is 3. The van der Waals surface area contributed by atoms with E-state index in [9.17, 15) is 0 Å². The molecule has 3 heteroatoms. The molecule has 0 radical (unpaired) electrons. The van der Waals surface area contributed by atoms with Gasteiger partial charge in [-0.05, 0) is 37.1 Å². The fourth-order valence-electron chi connectivity index (χ4n) is 2.76. The van der Waals surface area contributed by atoms with Gasteiger partial charge in [0.05, 0.1) is 7.11 Å². The first-order chi connectivity index (χ1) is 8.73. The van der Waals surface area contributed by atoms with Gasteiger partial charge in [0.15, 0.2) is 0 Å². The van der Waals surface area contributed by atoms with Crippen LogP contribution < -0.4 is 9.47 Å². The zero-order valence-corrected chi connectivity index (χ0v) is 10.6. The first kappa shape index (κ1) is 11.6. The van der Waals surface area contributed by atoms with Gasteiger partial charge in [0.25, 0.3) is 0 Å². The first-order valence-corrected chi connectivity index (χ1v) is 6.42.